The number of nitrogens with zero attached hydrogens (tertiary/aromatic N) is 4. The van der Waals surface area contributed by atoms with Gasteiger partial charge in [0.2, 0.25) is 0 Å². The van der Waals surface area contributed by atoms with Crippen LogP contribution in [0.2, 0.25) is 0 Å². The fourth-order valence-electron chi connectivity index (χ4n) is 3.81. The van der Waals surface area contributed by atoms with E-state index in [1.54, 1.807) is 29.7 Å². The number of likely N-dealkylation sites (tertiary alicyclic amines) is 1. The number of aryl methyl sites for hydroxylation is 2. The highest BCUT2D eigenvalue weighted by Crippen LogP contribution is 2.24. The number of hydrogen-bond acceptors (Lipinski definition) is 5. The van der Waals surface area contributed by atoms with Crippen molar-refractivity contribution >= 4 is 5.91 Å². The van der Waals surface area contributed by atoms with E-state index in [2.05, 4.69) is 15.0 Å². The maximum atomic E-state index is 12.8. The lowest BCUT2D eigenvalue weighted by molar-refractivity contribution is 0.0764. The lowest BCUT2D eigenvalue weighted by Crippen LogP contribution is -2.30. The highest BCUT2D eigenvalue weighted by atomic mass is 16.3. The second-order valence-electron chi connectivity index (χ2n) is 6.98. The van der Waals surface area contributed by atoms with Crippen LogP contribution in [0.4, 0.5) is 0 Å². The van der Waals surface area contributed by atoms with E-state index in [0.717, 1.165) is 30.7 Å². The highest BCUT2D eigenvalue weighted by molar-refractivity contribution is 5.94. The predicted octanol–water partition coefficient (Wildman–Crippen LogP) is 1.43. The summed E-state index contributed by atoms with van der Waals surface area (Å²) < 4.78 is 0. The number of amides is 1. The van der Waals surface area contributed by atoms with Crippen LogP contribution in [0.1, 0.15) is 40.2 Å². The van der Waals surface area contributed by atoms with E-state index in [0.29, 0.717) is 25.1 Å². The summed E-state index contributed by atoms with van der Waals surface area (Å²) in [5, 5.41) is 10.4. The van der Waals surface area contributed by atoms with Gasteiger partial charge in [0, 0.05) is 49.5 Å². The molecule has 1 amide bonds. The van der Waals surface area contributed by atoms with Gasteiger partial charge in [-0.15, -0.1) is 0 Å². The van der Waals surface area contributed by atoms with Crippen LogP contribution < -0.4 is 0 Å². The molecule has 0 unspecified atom stereocenters. The molecule has 0 saturated carbocycles. The van der Waals surface area contributed by atoms with Crippen LogP contribution in [0.3, 0.4) is 0 Å². The van der Waals surface area contributed by atoms with Crippen LogP contribution in [-0.2, 0) is 19.3 Å². The van der Waals surface area contributed by atoms with Gasteiger partial charge in [-0.1, -0.05) is 0 Å². The lowest BCUT2D eigenvalue weighted by atomic mass is 9.95. The maximum Gasteiger partial charge on any atom is 0.255 e. The van der Waals surface area contributed by atoms with Crippen molar-refractivity contribution in [3.05, 3.63) is 53.4 Å². The molecule has 0 radical (unpaired) electrons. The van der Waals surface area contributed by atoms with Crippen LogP contribution in [-0.4, -0.2) is 50.1 Å². The summed E-state index contributed by atoms with van der Waals surface area (Å²) in [5.41, 5.74) is 3.81. The van der Waals surface area contributed by atoms with E-state index in [4.69, 9.17) is 0 Å². The molecule has 1 saturated heterocycles. The number of aromatic nitrogens is 3. The van der Waals surface area contributed by atoms with Crippen LogP contribution in [0.5, 0.6) is 0 Å². The van der Waals surface area contributed by atoms with E-state index in [1.165, 1.54) is 12.0 Å². The van der Waals surface area contributed by atoms with Gasteiger partial charge in [0.05, 0.1) is 17.4 Å². The summed E-state index contributed by atoms with van der Waals surface area (Å²) in [6, 6.07) is 1.99. The van der Waals surface area contributed by atoms with Crippen LogP contribution in [0.15, 0.2) is 30.9 Å². The standard InChI is InChI=1S/C19H22N4O2/c24-18-12-23(11-15(18)8-16-10-20-5-6-21-16)19(25)14-7-13-3-1-2-4-17(13)22-9-14/h5-7,9-10,15,18,24H,1-4,8,11-12H2/t15-,18-/m1/s1. The third kappa shape index (κ3) is 3.39. The number of hydrogen-bond donors (Lipinski definition) is 1. The van der Waals surface area contributed by atoms with E-state index < -0.39 is 6.10 Å². The molecule has 0 aromatic carbocycles. The fraction of sp³-hybridized carbons (Fsp3) is 0.474. The predicted molar refractivity (Wildman–Crippen MR) is 92.0 cm³/mol. The molecule has 1 aliphatic heterocycles. The van der Waals surface area contributed by atoms with E-state index >= 15 is 0 Å². The normalized spacial score (nSPS) is 22.7. The minimum atomic E-state index is -0.531. The van der Waals surface area contributed by atoms with Gasteiger partial charge in [-0.3, -0.25) is 19.7 Å². The van der Waals surface area contributed by atoms with Gasteiger partial charge in [0.25, 0.3) is 5.91 Å². The van der Waals surface area contributed by atoms with Gasteiger partial charge in [-0.05, 0) is 43.7 Å². The Morgan fingerprint density at radius 3 is 2.88 bits per heavy atom. The summed E-state index contributed by atoms with van der Waals surface area (Å²) in [5.74, 6) is -0.0483. The molecule has 2 aliphatic rings. The molecule has 3 heterocycles. The van der Waals surface area contributed by atoms with Crippen molar-refractivity contribution in [1.82, 2.24) is 19.9 Å². The van der Waals surface area contributed by atoms with E-state index in [1.807, 2.05) is 6.07 Å². The third-order valence-electron chi connectivity index (χ3n) is 5.20. The SMILES string of the molecule is O=C(c1cnc2c(c1)CCCC2)N1C[C@@H](Cc2cnccn2)[C@H](O)C1. The van der Waals surface area contributed by atoms with Crippen molar-refractivity contribution in [3.63, 3.8) is 0 Å². The van der Waals surface area contributed by atoms with Gasteiger partial charge in [-0.25, -0.2) is 0 Å². The maximum absolute atomic E-state index is 12.8. The number of carbonyl (C=O) groups excluding carboxylic acids is 1. The van der Waals surface area contributed by atoms with Gasteiger partial charge in [0.1, 0.15) is 0 Å². The zero-order chi connectivity index (χ0) is 17.2. The Labute approximate surface area is 147 Å². The molecule has 6 nitrogen and oxygen atoms in total. The van der Waals surface area contributed by atoms with Crippen molar-refractivity contribution in [2.45, 2.75) is 38.2 Å². The first-order valence-corrected chi connectivity index (χ1v) is 8.91. The molecule has 2 atom stereocenters. The van der Waals surface area contributed by atoms with Crippen LogP contribution in [0.25, 0.3) is 0 Å². The summed E-state index contributed by atoms with van der Waals surface area (Å²) >= 11 is 0. The summed E-state index contributed by atoms with van der Waals surface area (Å²) in [6.07, 6.45) is 11.1. The van der Waals surface area contributed by atoms with Gasteiger partial charge in [0.15, 0.2) is 0 Å². The number of pyridine rings is 1. The number of rotatable bonds is 3. The Morgan fingerprint density at radius 2 is 2.04 bits per heavy atom. The Balaban J connectivity index is 1.46. The van der Waals surface area contributed by atoms with Gasteiger partial charge in [-0.2, -0.15) is 0 Å². The summed E-state index contributed by atoms with van der Waals surface area (Å²) in [6.45, 7) is 0.897. The van der Waals surface area contributed by atoms with Gasteiger partial charge < -0.3 is 10.0 Å². The van der Waals surface area contributed by atoms with E-state index in [-0.39, 0.29) is 11.8 Å². The number of aliphatic hydroxyl groups is 1. The molecule has 1 aliphatic carbocycles. The van der Waals surface area contributed by atoms with Gasteiger partial charge >= 0.3 is 0 Å². The molecule has 4 rings (SSSR count). The summed E-state index contributed by atoms with van der Waals surface area (Å²) in [7, 11) is 0. The smallest absolute Gasteiger partial charge is 0.255 e. The summed E-state index contributed by atoms with van der Waals surface area (Å²) in [4.78, 5) is 27.4. The Kier molecular flexibility index (Phi) is 4.44. The average molecular weight is 338 g/mol. The van der Waals surface area contributed by atoms with Crippen LogP contribution in [0, 0.1) is 5.92 Å². The Morgan fingerprint density at radius 1 is 1.16 bits per heavy atom. The first-order chi connectivity index (χ1) is 12.2. The molecule has 1 N–H and O–H groups in total. The fourth-order valence-corrected chi connectivity index (χ4v) is 3.81. The molecule has 0 bridgehead atoms. The number of fused-ring (bicyclic) bond motifs is 1. The molecule has 2 aromatic heterocycles. The monoisotopic (exact) mass is 338 g/mol. The number of aliphatic hydroxyl groups excluding tert-OH is 1. The third-order valence-corrected chi connectivity index (χ3v) is 5.20. The Hall–Kier alpha value is -2.34. The molecular formula is C19H22N4O2. The van der Waals surface area contributed by atoms with Crippen LogP contribution >= 0.6 is 0 Å². The molecule has 1 fully saturated rings. The lowest BCUT2D eigenvalue weighted by Gasteiger charge is -2.19. The minimum Gasteiger partial charge on any atom is -0.391 e. The second-order valence-corrected chi connectivity index (χ2v) is 6.98. The van der Waals surface area contributed by atoms with Crippen molar-refractivity contribution in [2.24, 2.45) is 5.92 Å². The zero-order valence-electron chi connectivity index (χ0n) is 14.1. The highest BCUT2D eigenvalue weighted by Gasteiger charge is 2.35. The molecule has 6 heteroatoms. The largest absolute Gasteiger partial charge is 0.391 e. The molecule has 2 aromatic rings. The average Bonchev–Trinajstić information content (AvgIpc) is 3.02. The number of carbonyl (C=O) groups is 1. The second kappa shape index (κ2) is 6.88. The van der Waals surface area contributed by atoms with Crippen molar-refractivity contribution in [1.29, 1.82) is 0 Å². The quantitative estimate of drug-likeness (QED) is 0.916. The molecular weight excluding hydrogens is 316 g/mol. The first kappa shape index (κ1) is 16.1. The van der Waals surface area contributed by atoms with Crippen molar-refractivity contribution in [2.75, 3.05) is 13.1 Å². The van der Waals surface area contributed by atoms with Crippen molar-refractivity contribution < 1.29 is 9.90 Å². The molecule has 130 valence electrons. The van der Waals surface area contributed by atoms with Crippen molar-refractivity contribution in [3.8, 4) is 0 Å². The minimum absolute atomic E-state index is 0.00811. The first-order valence-electron chi connectivity index (χ1n) is 8.91. The molecule has 25 heavy (non-hydrogen) atoms. The zero-order valence-corrected chi connectivity index (χ0v) is 14.1. The number of β-amino-alcohol motifs (C(OH)–C–C–N with tert-alkyl or cyclic N) is 1. The Bertz CT molecular complexity index is 765. The molecule has 0 spiro atoms. The topological polar surface area (TPSA) is 79.2 Å². The van der Waals surface area contributed by atoms with E-state index in [9.17, 15) is 9.90 Å².